The van der Waals surface area contributed by atoms with E-state index in [0.717, 1.165) is 36.9 Å². The second-order valence-electron chi connectivity index (χ2n) is 4.36. The molecule has 0 amide bonds. The number of aromatic nitrogens is 2. The topological polar surface area (TPSA) is 55.1 Å². The van der Waals surface area contributed by atoms with Gasteiger partial charge in [0.1, 0.15) is 0 Å². The average molecular weight is 208 g/mol. The molecule has 0 atom stereocenters. The van der Waals surface area contributed by atoms with Gasteiger partial charge in [0.2, 0.25) is 0 Å². The number of carboxylic acid groups (broad SMARTS) is 1. The molecule has 4 nitrogen and oxygen atoms in total. The first kappa shape index (κ1) is 10.2. The van der Waals surface area contributed by atoms with Crippen LogP contribution in [0.15, 0.2) is 6.20 Å². The van der Waals surface area contributed by atoms with Crippen molar-refractivity contribution in [3.63, 3.8) is 0 Å². The molecule has 0 aromatic carbocycles. The summed E-state index contributed by atoms with van der Waals surface area (Å²) >= 11 is 0. The van der Waals surface area contributed by atoms with Gasteiger partial charge in [-0.1, -0.05) is 12.8 Å². The number of aryl methyl sites for hydroxylation is 1. The Bertz CT molecular complexity index is 389. The molecule has 1 saturated carbocycles. The molecule has 1 aliphatic carbocycles. The highest BCUT2D eigenvalue weighted by molar-refractivity contribution is 5.82. The molecule has 15 heavy (non-hydrogen) atoms. The lowest BCUT2D eigenvalue weighted by Gasteiger charge is -2.23. The molecule has 0 unspecified atom stereocenters. The summed E-state index contributed by atoms with van der Waals surface area (Å²) in [7, 11) is 1.85. The molecule has 0 saturated heterocycles. The zero-order valence-corrected chi connectivity index (χ0v) is 9.16. The Hall–Kier alpha value is -1.32. The molecule has 0 spiro atoms. The number of hydrogen-bond acceptors (Lipinski definition) is 2. The molecule has 1 aromatic heterocycles. The highest BCUT2D eigenvalue weighted by atomic mass is 16.4. The fourth-order valence-corrected chi connectivity index (χ4v) is 2.55. The van der Waals surface area contributed by atoms with Crippen molar-refractivity contribution in [2.45, 2.75) is 38.0 Å². The number of carboxylic acids is 1. The maximum atomic E-state index is 11.4. The Kier molecular flexibility index (Phi) is 2.29. The zero-order chi connectivity index (χ0) is 11.1. The third-order valence-electron chi connectivity index (χ3n) is 3.62. The number of nitrogens with zero attached hydrogens (tertiary/aromatic N) is 2. The molecule has 1 aliphatic rings. The highest BCUT2D eigenvalue weighted by Crippen LogP contribution is 2.42. The Balaban J connectivity index is 2.50. The van der Waals surface area contributed by atoms with E-state index in [1.54, 1.807) is 10.9 Å². The average Bonchev–Trinajstić information content (AvgIpc) is 2.77. The molecule has 1 heterocycles. The lowest BCUT2D eigenvalue weighted by atomic mass is 9.79. The fraction of sp³-hybridized carbons (Fsp3) is 0.636. The molecule has 4 heteroatoms. The van der Waals surface area contributed by atoms with Crippen molar-refractivity contribution >= 4 is 5.97 Å². The minimum Gasteiger partial charge on any atom is -0.481 e. The molecular formula is C11H16N2O2. The van der Waals surface area contributed by atoms with Crippen LogP contribution in [-0.4, -0.2) is 20.9 Å². The van der Waals surface area contributed by atoms with Crippen molar-refractivity contribution in [3.8, 4) is 0 Å². The van der Waals surface area contributed by atoms with Crippen LogP contribution in [0.4, 0.5) is 0 Å². The largest absolute Gasteiger partial charge is 0.481 e. The summed E-state index contributed by atoms with van der Waals surface area (Å²) in [6, 6.07) is 0. The van der Waals surface area contributed by atoms with Gasteiger partial charge in [0.25, 0.3) is 0 Å². The predicted molar refractivity (Wildman–Crippen MR) is 55.7 cm³/mol. The van der Waals surface area contributed by atoms with Gasteiger partial charge in [0.05, 0.1) is 11.6 Å². The predicted octanol–water partition coefficient (Wildman–Crippen LogP) is 1.62. The molecule has 2 rings (SSSR count). The summed E-state index contributed by atoms with van der Waals surface area (Å²) in [6.45, 7) is 1.94. The second kappa shape index (κ2) is 3.36. The maximum Gasteiger partial charge on any atom is 0.314 e. The van der Waals surface area contributed by atoms with Gasteiger partial charge in [-0.05, 0) is 19.8 Å². The summed E-state index contributed by atoms with van der Waals surface area (Å²) in [5.74, 6) is -0.698. The molecule has 1 fully saturated rings. The van der Waals surface area contributed by atoms with E-state index in [9.17, 15) is 9.90 Å². The smallest absolute Gasteiger partial charge is 0.314 e. The van der Waals surface area contributed by atoms with E-state index in [4.69, 9.17) is 0 Å². The SMILES string of the molecule is Cc1c(C2(C(=O)O)CCCC2)cnn1C. The first-order valence-corrected chi connectivity index (χ1v) is 5.30. The lowest BCUT2D eigenvalue weighted by Crippen LogP contribution is -2.33. The lowest BCUT2D eigenvalue weighted by molar-refractivity contribution is -0.143. The molecule has 82 valence electrons. The fourth-order valence-electron chi connectivity index (χ4n) is 2.55. The van der Waals surface area contributed by atoms with Crippen LogP contribution in [0, 0.1) is 6.92 Å². The quantitative estimate of drug-likeness (QED) is 0.803. The Labute approximate surface area is 88.9 Å². The molecule has 0 aliphatic heterocycles. The number of aliphatic carboxylic acids is 1. The Morgan fingerprint density at radius 2 is 2.13 bits per heavy atom. The van der Waals surface area contributed by atoms with E-state index < -0.39 is 11.4 Å². The normalized spacial score (nSPS) is 19.3. The minimum absolute atomic E-state index is 0.668. The van der Waals surface area contributed by atoms with Crippen LogP contribution in [0.3, 0.4) is 0 Å². The summed E-state index contributed by atoms with van der Waals surface area (Å²) in [6.07, 6.45) is 5.21. The highest BCUT2D eigenvalue weighted by Gasteiger charge is 2.44. The molecule has 0 bridgehead atoms. The zero-order valence-electron chi connectivity index (χ0n) is 9.16. The van der Waals surface area contributed by atoms with Gasteiger partial charge in [-0.15, -0.1) is 0 Å². The number of carbonyl (C=O) groups is 1. The third kappa shape index (κ3) is 1.35. The van der Waals surface area contributed by atoms with Gasteiger partial charge in [-0.3, -0.25) is 9.48 Å². The van der Waals surface area contributed by atoms with E-state index in [0.29, 0.717) is 0 Å². The van der Waals surface area contributed by atoms with Gasteiger partial charge >= 0.3 is 5.97 Å². The van der Waals surface area contributed by atoms with Crippen LogP contribution in [-0.2, 0) is 17.3 Å². The Morgan fingerprint density at radius 1 is 1.53 bits per heavy atom. The minimum atomic E-state index is -0.698. The molecule has 1 N–H and O–H groups in total. The second-order valence-corrected chi connectivity index (χ2v) is 4.36. The molecule has 1 aromatic rings. The summed E-state index contributed by atoms with van der Waals surface area (Å²) in [5.41, 5.74) is 1.20. The van der Waals surface area contributed by atoms with E-state index >= 15 is 0 Å². The van der Waals surface area contributed by atoms with Gasteiger partial charge in [0, 0.05) is 18.3 Å². The van der Waals surface area contributed by atoms with Crippen molar-refractivity contribution in [1.82, 2.24) is 9.78 Å². The summed E-state index contributed by atoms with van der Waals surface area (Å²) in [5, 5.41) is 13.6. The first-order chi connectivity index (χ1) is 7.08. The Morgan fingerprint density at radius 3 is 2.53 bits per heavy atom. The standard InChI is InChI=1S/C11H16N2O2/c1-8-9(7-12-13(8)2)11(10(14)15)5-3-4-6-11/h7H,3-6H2,1-2H3,(H,14,15). The van der Waals surface area contributed by atoms with Crippen LogP contribution >= 0.6 is 0 Å². The van der Waals surface area contributed by atoms with Crippen molar-refractivity contribution in [2.75, 3.05) is 0 Å². The van der Waals surface area contributed by atoms with Crippen molar-refractivity contribution < 1.29 is 9.90 Å². The van der Waals surface area contributed by atoms with E-state index in [2.05, 4.69) is 5.10 Å². The van der Waals surface area contributed by atoms with E-state index in [1.165, 1.54) is 0 Å². The number of hydrogen-bond donors (Lipinski definition) is 1. The van der Waals surface area contributed by atoms with Crippen molar-refractivity contribution in [3.05, 3.63) is 17.5 Å². The van der Waals surface area contributed by atoms with Crippen LogP contribution in [0.1, 0.15) is 36.9 Å². The van der Waals surface area contributed by atoms with Gasteiger partial charge in [0.15, 0.2) is 0 Å². The van der Waals surface area contributed by atoms with E-state index in [1.807, 2.05) is 14.0 Å². The van der Waals surface area contributed by atoms with Crippen molar-refractivity contribution in [1.29, 1.82) is 0 Å². The van der Waals surface area contributed by atoms with Crippen LogP contribution in [0.25, 0.3) is 0 Å². The summed E-state index contributed by atoms with van der Waals surface area (Å²) < 4.78 is 1.75. The van der Waals surface area contributed by atoms with Gasteiger partial charge in [-0.2, -0.15) is 5.10 Å². The van der Waals surface area contributed by atoms with Crippen molar-refractivity contribution in [2.24, 2.45) is 7.05 Å². The van der Waals surface area contributed by atoms with Crippen LogP contribution in [0.5, 0.6) is 0 Å². The number of rotatable bonds is 2. The van der Waals surface area contributed by atoms with Crippen LogP contribution in [0.2, 0.25) is 0 Å². The maximum absolute atomic E-state index is 11.4. The first-order valence-electron chi connectivity index (χ1n) is 5.30. The summed E-state index contributed by atoms with van der Waals surface area (Å²) in [4.78, 5) is 11.4. The van der Waals surface area contributed by atoms with Gasteiger partial charge in [-0.25, -0.2) is 0 Å². The van der Waals surface area contributed by atoms with Gasteiger partial charge < -0.3 is 5.11 Å². The van der Waals surface area contributed by atoms with Crippen LogP contribution < -0.4 is 0 Å². The third-order valence-corrected chi connectivity index (χ3v) is 3.62. The monoisotopic (exact) mass is 208 g/mol. The molecule has 0 radical (unpaired) electrons. The van der Waals surface area contributed by atoms with E-state index in [-0.39, 0.29) is 0 Å². The molecular weight excluding hydrogens is 192 g/mol.